The van der Waals surface area contributed by atoms with Gasteiger partial charge in [-0.15, -0.1) is 0 Å². The van der Waals surface area contributed by atoms with Crippen molar-refractivity contribution in [1.82, 2.24) is 0 Å². The first-order valence-electron chi connectivity index (χ1n) is 4.38. The van der Waals surface area contributed by atoms with Crippen molar-refractivity contribution in [3.63, 3.8) is 0 Å². The predicted molar refractivity (Wildman–Crippen MR) is 57.2 cm³/mol. The highest BCUT2D eigenvalue weighted by molar-refractivity contribution is 14.1. The Labute approximate surface area is 86.1 Å². The molecule has 1 nitrogen and oxygen atoms in total. The third-order valence-electron chi connectivity index (χ3n) is 2.61. The second-order valence-corrected chi connectivity index (χ2v) is 4.68. The first-order valence-corrected chi connectivity index (χ1v) is 5.45. The lowest BCUT2D eigenvalue weighted by Gasteiger charge is -2.25. The zero-order chi connectivity index (χ0) is 8.55. The van der Waals surface area contributed by atoms with Crippen molar-refractivity contribution in [2.24, 2.45) is 5.92 Å². The number of ketones is 1. The van der Waals surface area contributed by atoms with Crippen LogP contribution in [0.4, 0.5) is 0 Å². The molecule has 0 spiro atoms. The van der Waals surface area contributed by atoms with E-state index < -0.39 is 0 Å². The molecule has 1 saturated carbocycles. The summed E-state index contributed by atoms with van der Waals surface area (Å²) in [4.78, 5) is 11.5. The third-order valence-corrected chi connectivity index (χ3v) is 3.36. The van der Waals surface area contributed by atoms with Crippen LogP contribution in [0.25, 0.3) is 0 Å². The molecule has 0 N–H and O–H groups in total. The first-order chi connectivity index (χ1) is 5.77. The van der Waals surface area contributed by atoms with Gasteiger partial charge >= 0.3 is 0 Å². The fourth-order valence-electron chi connectivity index (χ4n) is 1.94. The number of carbonyl (C=O) groups excluding carboxylic acids is 1. The molecule has 0 bridgehead atoms. The van der Waals surface area contributed by atoms with Crippen LogP contribution in [0.5, 0.6) is 0 Å². The SMILES string of the molecule is O=C1CCCC2CC=C(I)C=C12. The summed E-state index contributed by atoms with van der Waals surface area (Å²) < 4.78 is 1.23. The van der Waals surface area contributed by atoms with Gasteiger partial charge in [0.1, 0.15) is 0 Å². The second kappa shape index (κ2) is 3.32. The van der Waals surface area contributed by atoms with Gasteiger partial charge in [-0.2, -0.15) is 0 Å². The molecule has 2 rings (SSSR count). The maximum absolute atomic E-state index is 11.5. The summed E-state index contributed by atoms with van der Waals surface area (Å²) in [5.74, 6) is 0.929. The number of fused-ring (bicyclic) bond motifs is 1. The Morgan fingerprint density at radius 1 is 1.50 bits per heavy atom. The Bertz CT molecular complexity index is 276. The topological polar surface area (TPSA) is 17.1 Å². The summed E-state index contributed by atoms with van der Waals surface area (Å²) in [7, 11) is 0. The summed E-state index contributed by atoms with van der Waals surface area (Å²) >= 11 is 2.29. The fraction of sp³-hybridized carbons (Fsp3) is 0.500. The molecule has 0 radical (unpaired) electrons. The molecular formula is C10H11IO. The molecular weight excluding hydrogens is 263 g/mol. The lowest BCUT2D eigenvalue weighted by Crippen LogP contribution is -2.20. The minimum Gasteiger partial charge on any atom is -0.295 e. The Hall–Kier alpha value is -0.120. The zero-order valence-corrected chi connectivity index (χ0v) is 9.00. The van der Waals surface area contributed by atoms with E-state index in [9.17, 15) is 4.79 Å². The van der Waals surface area contributed by atoms with Gasteiger partial charge < -0.3 is 0 Å². The molecule has 12 heavy (non-hydrogen) atoms. The van der Waals surface area contributed by atoms with Crippen molar-refractivity contribution in [3.8, 4) is 0 Å². The number of hydrogen-bond acceptors (Lipinski definition) is 1. The summed E-state index contributed by atoms with van der Waals surface area (Å²) in [5, 5.41) is 0. The van der Waals surface area contributed by atoms with E-state index >= 15 is 0 Å². The lowest BCUT2D eigenvalue weighted by atomic mass is 9.79. The molecule has 64 valence electrons. The molecule has 0 aromatic rings. The van der Waals surface area contributed by atoms with Crippen molar-refractivity contribution in [2.75, 3.05) is 0 Å². The monoisotopic (exact) mass is 274 g/mol. The highest BCUT2D eigenvalue weighted by Gasteiger charge is 2.26. The van der Waals surface area contributed by atoms with Crippen LogP contribution in [-0.4, -0.2) is 5.78 Å². The van der Waals surface area contributed by atoms with Gasteiger partial charge in [0.05, 0.1) is 0 Å². The third kappa shape index (κ3) is 1.49. The van der Waals surface area contributed by atoms with Crippen molar-refractivity contribution >= 4 is 28.4 Å². The normalized spacial score (nSPS) is 29.1. The minimum absolute atomic E-state index is 0.383. The van der Waals surface area contributed by atoms with Crippen LogP contribution in [0.1, 0.15) is 25.7 Å². The Balaban J connectivity index is 2.29. The summed E-state index contributed by atoms with van der Waals surface area (Å²) in [6.45, 7) is 0. The molecule has 2 aliphatic rings. The van der Waals surface area contributed by atoms with Crippen molar-refractivity contribution < 1.29 is 4.79 Å². The van der Waals surface area contributed by atoms with Gasteiger partial charge in [-0.05, 0) is 59.4 Å². The molecule has 0 saturated heterocycles. The molecule has 1 unspecified atom stereocenters. The van der Waals surface area contributed by atoms with Crippen LogP contribution in [-0.2, 0) is 4.79 Å². The Kier molecular flexibility index (Phi) is 2.35. The molecule has 1 atom stereocenters. The van der Waals surface area contributed by atoms with E-state index in [0.717, 1.165) is 24.8 Å². The fourth-order valence-corrected chi connectivity index (χ4v) is 2.53. The van der Waals surface area contributed by atoms with E-state index in [-0.39, 0.29) is 0 Å². The number of halogens is 1. The molecule has 2 aliphatic carbocycles. The van der Waals surface area contributed by atoms with Gasteiger partial charge in [-0.1, -0.05) is 6.08 Å². The van der Waals surface area contributed by atoms with E-state index in [4.69, 9.17) is 0 Å². The zero-order valence-electron chi connectivity index (χ0n) is 6.85. The summed E-state index contributed by atoms with van der Waals surface area (Å²) in [6, 6.07) is 0. The number of allylic oxidation sites excluding steroid dienone is 4. The molecule has 0 aromatic heterocycles. The standard InChI is InChI=1S/C10H11IO/c11-8-5-4-7-2-1-3-10(12)9(7)6-8/h5-7H,1-4H2. The summed E-state index contributed by atoms with van der Waals surface area (Å²) in [5.41, 5.74) is 1.09. The van der Waals surface area contributed by atoms with E-state index in [2.05, 4.69) is 34.7 Å². The average Bonchev–Trinajstić information content (AvgIpc) is 2.07. The number of Topliss-reactive ketones (excluding diaryl/α,β-unsaturated/α-hetero) is 1. The minimum atomic E-state index is 0.383. The van der Waals surface area contributed by atoms with Crippen LogP contribution < -0.4 is 0 Å². The maximum Gasteiger partial charge on any atom is 0.159 e. The molecule has 2 heteroatoms. The quantitative estimate of drug-likeness (QED) is 0.620. The molecule has 0 heterocycles. The Morgan fingerprint density at radius 3 is 3.17 bits per heavy atom. The van der Waals surface area contributed by atoms with E-state index in [1.54, 1.807) is 0 Å². The summed E-state index contributed by atoms with van der Waals surface area (Å²) in [6.07, 6.45) is 8.44. The molecule has 0 aliphatic heterocycles. The molecule has 1 fully saturated rings. The smallest absolute Gasteiger partial charge is 0.159 e. The number of hydrogen-bond donors (Lipinski definition) is 0. The van der Waals surface area contributed by atoms with Crippen LogP contribution in [0.3, 0.4) is 0 Å². The lowest BCUT2D eigenvalue weighted by molar-refractivity contribution is -0.117. The molecule has 0 amide bonds. The van der Waals surface area contributed by atoms with Crippen LogP contribution in [0.15, 0.2) is 21.3 Å². The highest BCUT2D eigenvalue weighted by atomic mass is 127. The predicted octanol–water partition coefficient (Wildman–Crippen LogP) is 3.00. The van der Waals surface area contributed by atoms with Gasteiger partial charge in [0.15, 0.2) is 5.78 Å². The van der Waals surface area contributed by atoms with Crippen molar-refractivity contribution in [3.05, 3.63) is 21.3 Å². The Morgan fingerprint density at radius 2 is 2.33 bits per heavy atom. The van der Waals surface area contributed by atoms with Crippen LogP contribution in [0, 0.1) is 5.92 Å². The van der Waals surface area contributed by atoms with Gasteiger partial charge in [-0.3, -0.25) is 4.79 Å². The maximum atomic E-state index is 11.5. The van der Waals surface area contributed by atoms with Gasteiger partial charge in [0.2, 0.25) is 0 Å². The van der Waals surface area contributed by atoms with E-state index in [1.807, 2.05) is 0 Å². The number of carbonyl (C=O) groups is 1. The first kappa shape index (κ1) is 8.48. The van der Waals surface area contributed by atoms with Crippen molar-refractivity contribution in [1.29, 1.82) is 0 Å². The van der Waals surface area contributed by atoms with E-state index in [1.165, 1.54) is 10.0 Å². The largest absolute Gasteiger partial charge is 0.295 e. The van der Waals surface area contributed by atoms with Crippen LogP contribution in [0.2, 0.25) is 0 Å². The molecule has 0 aromatic carbocycles. The highest BCUT2D eigenvalue weighted by Crippen LogP contribution is 2.35. The van der Waals surface area contributed by atoms with Gasteiger partial charge in [0, 0.05) is 10.0 Å². The average molecular weight is 274 g/mol. The van der Waals surface area contributed by atoms with Crippen LogP contribution >= 0.6 is 22.6 Å². The second-order valence-electron chi connectivity index (χ2n) is 3.44. The number of rotatable bonds is 0. The van der Waals surface area contributed by atoms with Gasteiger partial charge in [-0.25, -0.2) is 0 Å². The van der Waals surface area contributed by atoms with Gasteiger partial charge in [0.25, 0.3) is 0 Å². The van der Waals surface area contributed by atoms with Crippen molar-refractivity contribution in [2.45, 2.75) is 25.7 Å². The van der Waals surface area contributed by atoms with E-state index in [0.29, 0.717) is 11.7 Å².